The predicted molar refractivity (Wildman–Crippen MR) is 52.3 cm³/mol. The monoisotopic (exact) mass is 244 g/mol. The van der Waals surface area contributed by atoms with Crippen LogP contribution in [0.15, 0.2) is 16.7 Å². The van der Waals surface area contributed by atoms with E-state index in [1.165, 1.54) is 6.07 Å². The van der Waals surface area contributed by atoms with E-state index in [1.807, 2.05) is 0 Å². The van der Waals surface area contributed by atoms with E-state index in [4.69, 9.17) is 10.5 Å². The molecule has 0 saturated carbocycles. The molecule has 0 amide bonds. The number of nitrogens with two attached hydrogens (primary N) is 1. The standard InChI is InChI=1S/C8H9BrN2O2/c1-2-13-8(12)6-3-5(10)4-7(9)11-6/h3-4H,2H2,1H3,(H2,10,11). The highest BCUT2D eigenvalue weighted by Gasteiger charge is 2.09. The first-order chi connectivity index (χ1) is 6.13. The van der Waals surface area contributed by atoms with Crippen LogP contribution in [0, 0.1) is 0 Å². The molecule has 1 heterocycles. The predicted octanol–water partition coefficient (Wildman–Crippen LogP) is 1.60. The number of carbonyl (C=O) groups excluding carboxylic acids is 1. The maximum absolute atomic E-state index is 11.2. The highest BCUT2D eigenvalue weighted by Crippen LogP contribution is 2.13. The molecule has 0 aromatic carbocycles. The number of nitrogen functional groups attached to an aromatic ring is 1. The van der Waals surface area contributed by atoms with Crippen LogP contribution in [-0.4, -0.2) is 17.6 Å². The SMILES string of the molecule is CCOC(=O)c1cc(N)cc(Br)n1. The quantitative estimate of drug-likeness (QED) is 0.634. The van der Waals surface area contributed by atoms with Gasteiger partial charge in [0.05, 0.1) is 6.61 Å². The van der Waals surface area contributed by atoms with E-state index in [-0.39, 0.29) is 5.69 Å². The third-order valence-corrected chi connectivity index (χ3v) is 1.71. The van der Waals surface area contributed by atoms with Gasteiger partial charge in [-0.3, -0.25) is 0 Å². The van der Waals surface area contributed by atoms with Crippen molar-refractivity contribution in [1.29, 1.82) is 0 Å². The molecule has 0 aliphatic carbocycles. The Morgan fingerprint density at radius 2 is 2.38 bits per heavy atom. The van der Waals surface area contributed by atoms with Crippen molar-refractivity contribution in [1.82, 2.24) is 4.98 Å². The summed E-state index contributed by atoms with van der Waals surface area (Å²) in [5.74, 6) is -0.462. The first-order valence-electron chi connectivity index (χ1n) is 3.73. The zero-order valence-corrected chi connectivity index (χ0v) is 8.67. The smallest absolute Gasteiger partial charge is 0.357 e. The van der Waals surface area contributed by atoms with Crippen molar-refractivity contribution in [3.8, 4) is 0 Å². The molecule has 0 radical (unpaired) electrons. The fourth-order valence-corrected chi connectivity index (χ4v) is 1.28. The molecule has 0 atom stereocenters. The lowest BCUT2D eigenvalue weighted by Gasteiger charge is -2.02. The number of nitrogens with zero attached hydrogens (tertiary/aromatic N) is 1. The Bertz CT molecular complexity index is 308. The second kappa shape index (κ2) is 4.23. The van der Waals surface area contributed by atoms with E-state index in [0.717, 1.165) is 0 Å². The summed E-state index contributed by atoms with van der Waals surface area (Å²) in [7, 11) is 0. The Kier molecular flexibility index (Phi) is 3.25. The average Bonchev–Trinajstić information content (AvgIpc) is 2.03. The molecular weight excluding hydrogens is 236 g/mol. The topological polar surface area (TPSA) is 65.2 Å². The van der Waals surface area contributed by atoms with Crippen LogP contribution in [0.2, 0.25) is 0 Å². The molecule has 2 N–H and O–H groups in total. The fraction of sp³-hybridized carbons (Fsp3) is 0.250. The van der Waals surface area contributed by atoms with Gasteiger partial charge >= 0.3 is 5.97 Å². The van der Waals surface area contributed by atoms with E-state index in [9.17, 15) is 4.79 Å². The minimum atomic E-state index is -0.462. The summed E-state index contributed by atoms with van der Waals surface area (Å²) in [4.78, 5) is 15.1. The third-order valence-electron chi connectivity index (χ3n) is 1.30. The number of halogens is 1. The first kappa shape index (κ1) is 9.98. The molecule has 1 aromatic heterocycles. The maximum Gasteiger partial charge on any atom is 0.357 e. The van der Waals surface area contributed by atoms with Crippen LogP contribution >= 0.6 is 15.9 Å². The first-order valence-corrected chi connectivity index (χ1v) is 4.53. The molecule has 0 aliphatic rings. The van der Waals surface area contributed by atoms with Gasteiger partial charge in [0.25, 0.3) is 0 Å². The number of anilines is 1. The molecule has 0 unspecified atom stereocenters. The van der Waals surface area contributed by atoms with Crippen LogP contribution in [0.5, 0.6) is 0 Å². The zero-order chi connectivity index (χ0) is 9.84. The van der Waals surface area contributed by atoms with Crippen LogP contribution < -0.4 is 5.73 Å². The van der Waals surface area contributed by atoms with Gasteiger partial charge in [-0.05, 0) is 35.0 Å². The lowest BCUT2D eigenvalue weighted by molar-refractivity contribution is 0.0519. The van der Waals surface area contributed by atoms with Crippen LogP contribution in [0.3, 0.4) is 0 Å². The summed E-state index contributed by atoms with van der Waals surface area (Å²) in [6.45, 7) is 2.06. The van der Waals surface area contributed by atoms with Crippen molar-refractivity contribution in [3.63, 3.8) is 0 Å². The Hall–Kier alpha value is -1.10. The summed E-state index contributed by atoms with van der Waals surface area (Å²) in [5.41, 5.74) is 6.21. The van der Waals surface area contributed by atoms with Gasteiger partial charge in [-0.2, -0.15) is 0 Å². The molecule has 5 heteroatoms. The van der Waals surface area contributed by atoms with Gasteiger partial charge in [0.1, 0.15) is 4.60 Å². The minimum Gasteiger partial charge on any atom is -0.461 e. The second-order valence-corrected chi connectivity index (χ2v) is 3.14. The van der Waals surface area contributed by atoms with Gasteiger partial charge in [-0.15, -0.1) is 0 Å². The molecule has 0 spiro atoms. The Balaban J connectivity index is 2.94. The number of aromatic nitrogens is 1. The Morgan fingerprint density at radius 1 is 1.69 bits per heavy atom. The molecule has 4 nitrogen and oxygen atoms in total. The van der Waals surface area contributed by atoms with Crippen LogP contribution in [0.25, 0.3) is 0 Å². The summed E-state index contributed by atoms with van der Waals surface area (Å²) < 4.78 is 5.28. The second-order valence-electron chi connectivity index (χ2n) is 2.33. The molecule has 13 heavy (non-hydrogen) atoms. The number of hydrogen-bond donors (Lipinski definition) is 1. The van der Waals surface area contributed by atoms with Crippen molar-refractivity contribution < 1.29 is 9.53 Å². The average molecular weight is 245 g/mol. The van der Waals surface area contributed by atoms with Crippen molar-refractivity contribution >= 4 is 27.6 Å². The largest absolute Gasteiger partial charge is 0.461 e. The van der Waals surface area contributed by atoms with Crippen LogP contribution in [0.1, 0.15) is 17.4 Å². The normalized spacial score (nSPS) is 9.69. The number of rotatable bonds is 2. The van der Waals surface area contributed by atoms with Gasteiger partial charge in [0.2, 0.25) is 0 Å². The summed E-state index contributed by atoms with van der Waals surface area (Å²) >= 11 is 3.13. The molecule has 0 aliphatic heterocycles. The maximum atomic E-state index is 11.2. The molecule has 70 valence electrons. The zero-order valence-electron chi connectivity index (χ0n) is 7.08. The van der Waals surface area contributed by atoms with E-state index in [1.54, 1.807) is 13.0 Å². The van der Waals surface area contributed by atoms with Crippen LogP contribution in [0.4, 0.5) is 5.69 Å². The van der Waals surface area contributed by atoms with Crippen molar-refractivity contribution in [2.24, 2.45) is 0 Å². The van der Waals surface area contributed by atoms with Gasteiger partial charge < -0.3 is 10.5 Å². The van der Waals surface area contributed by atoms with E-state index >= 15 is 0 Å². The number of pyridine rings is 1. The fourth-order valence-electron chi connectivity index (χ4n) is 0.826. The van der Waals surface area contributed by atoms with Gasteiger partial charge in [-0.1, -0.05) is 0 Å². The van der Waals surface area contributed by atoms with Crippen molar-refractivity contribution in [3.05, 3.63) is 22.4 Å². The van der Waals surface area contributed by atoms with E-state index in [2.05, 4.69) is 20.9 Å². The third kappa shape index (κ3) is 2.69. The lowest BCUT2D eigenvalue weighted by Crippen LogP contribution is -2.07. The van der Waals surface area contributed by atoms with Crippen molar-refractivity contribution in [2.45, 2.75) is 6.92 Å². The molecule has 1 rings (SSSR count). The molecule has 0 fully saturated rings. The molecular formula is C8H9BrN2O2. The number of carbonyl (C=O) groups is 1. The molecule has 1 aromatic rings. The summed E-state index contributed by atoms with van der Waals surface area (Å²) in [6, 6.07) is 3.09. The summed E-state index contributed by atoms with van der Waals surface area (Å²) in [6.07, 6.45) is 0. The lowest BCUT2D eigenvalue weighted by atomic mass is 10.3. The number of esters is 1. The Labute approximate surface area is 84.2 Å². The van der Waals surface area contributed by atoms with Crippen LogP contribution in [-0.2, 0) is 4.74 Å². The number of ether oxygens (including phenoxy) is 1. The highest BCUT2D eigenvalue weighted by atomic mass is 79.9. The van der Waals surface area contributed by atoms with Crippen molar-refractivity contribution in [2.75, 3.05) is 12.3 Å². The molecule has 0 bridgehead atoms. The van der Waals surface area contributed by atoms with E-state index in [0.29, 0.717) is 16.9 Å². The minimum absolute atomic E-state index is 0.216. The molecule has 0 saturated heterocycles. The van der Waals surface area contributed by atoms with E-state index < -0.39 is 5.97 Å². The number of hydrogen-bond acceptors (Lipinski definition) is 4. The Morgan fingerprint density at radius 3 is 2.92 bits per heavy atom. The highest BCUT2D eigenvalue weighted by molar-refractivity contribution is 9.10. The van der Waals surface area contributed by atoms with Gasteiger partial charge in [0.15, 0.2) is 5.69 Å². The summed E-state index contributed by atoms with van der Waals surface area (Å²) in [5, 5.41) is 0. The van der Waals surface area contributed by atoms with Gasteiger partial charge in [-0.25, -0.2) is 9.78 Å². The van der Waals surface area contributed by atoms with Gasteiger partial charge in [0, 0.05) is 5.69 Å².